The first-order valence-electron chi connectivity index (χ1n) is 7.25. The first kappa shape index (κ1) is 15.5. The van der Waals surface area contributed by atoms with E-state index < -0.39 is 12.0 Å². The van der Waals surface area contributed by atoms with Crippen molar-refractivity contribution in [3.8, 4) is 0 Å². The third-order valence-corrected chi connectivity index (χ3v) is 3.98. The second-order valence-corrected chi connectivity index (χ2v) is 5.70. The number of hydrogen-bond acceptors (Lipinski definition) is 3. The molecule has 1 amide bonds. The normalized spacial score (nSPS) is 23.3. The van der Waals surface area contributed by atoms with E-state index in [1.807, 2.05) is 13.0 Å². The molecule has 1 atom stereocenters. The fourth-order valence-electron chi connectivity index (χ4n) is 2.74. The van der Waals surface area contributed by atoms with Crippen molar-refractivity contribution >= 4 is 11.9 Å². The number of aryl methyl sites for hydroxylation is 1. The van der Waals surface area contributed by atoms with Crippen molar-refractivity contribution in [3.05, 3.63) is 35.4 Å². The molecule has 1 saturated carbocycles. The van der Waals surface area contributed by atoms with Crippen LogP contribution in [0.2, 0.25) is 0 Å². The highest BCUT2D eigenvalue weighted by molar-refractivity contribution is 5.85. The van der Waals surface area contributed by atoms with Crippen molar-refractivity contribution in [2.45, 2.75) is 44.8 Å². The molecule has 3 N–H and O–H groups in total. The zero-order chi connectivity index (χ0) is 15.4. The highest BCUT2D eigenvalue weighted by Crippen LogP contribution is 2.25. The summed E-state index contributed by atoms with van der Waals surface area (Å²) in [6.07, 6.45) is 2.07. The van der Waals surface area contributed by atoms with E-state index in [-0.39, 0.29) is 17.9 Å². The Morgan fingerprint density at radius 2 is 1.90 bits per heavy atom. The van der Waals surface area contributed by atoms with E-state index in [9.17, 15) is 19.8 Å². The SMILES string of the molecule is Cc1cccc([C@H](NC(=O)C2CCC(O)CC2)C(=O)O)c1. The molecule has 0 heterocycles. The van der Waals surface area contributed by atoms with Crippen molar-refractivity contribution in [2.75, 3.05) is 0 Å². The van der Waals surface area contributed by atoms with E-state index in [0.717, 1.165) is 5.56 Å². The predicted octanol–water partition coefficient (Wildman–Crippen LogP) is 1.79. The number of carboxylic acid groups (broad SMARTS) is 1. The van der Waals surface area contributed by atoms with Gasteiger partial charge >= 0.3 is 5.97 Å². The molecular weight excluding hydrogens is 270 g/mol. The van der Waals surface area contributed by atoms with Gasteiger partial charge in [-0.1, -0.05) is 29.8 Å². The molecule has 0 saturated heterocycles. The lowest BCUT2D eigenvalue weighted by Crippen LogP contribution is -2.39. The smallest absolute Gasteiger partial charge is 0.330 e. The number of carbonyl (C=O) groups excluding carboxylic acids is 1. The Hall–Kier alpha value is -1.88. The molecule has 0 bridgehead atoms. The maximum Gasteiger partial charge on any atom is 0.330 e. The summed E-state index contributed by atoms with van der Waals surface area (Å²) in [6.45, 7) is 1.88. The van der Waals surface area contributed by atoms with Gasteiger partial charge in [0.15, 0.2) is 6.04 Å². The van der Waals surface area contributed by atoms with Crippen molar-refractivity contribution in [3.63, 3.8) is 0 Å². The van der Waals surface area contributed by atoms with Gasteiger partial charge in [-0.05, 0) is 38.2 Å². The van der Waals surface area contributed by atoms with E-state index in [1.165, 1.54) is 0 Å². The summed E-state index contributed by atoms with van der Waals surface area (Å²) in [5, 5.41) is 21.4. The number of amides is 1. The number of hydrogen-bond donors (Lipinski definition) is 3. The number of aliphatic hydroxyl groups excluding tert-OH is 1. The Kier molecular flexibility index (Phi) is 4.96. The summed E-state index contributed by atoms with van der Waals surface area (Å²) in [5.41, 5.74) is 1.53. The van der Waals surface area contributed by atoms with Crippen LogP contribution in [0.3, 0.4) is 0 Å². The molecule has 114 valence electrons. The summed E-state index contributed by atoms with van der Waals surface area (Å²) in [7, 11) is 0. The van der Waals surface area contributed by atoms with E-state index in [1.54, 1.807) is 18.2 Å². The van der Waals surface area contributed by atoms with Crippen LogP contribution in [0.15, 0.2) is 24.3 Å². The van der Waals surface area contributed by atoms with Crippen LogP contribution < -0.4 is 5.32 Å². The van der Waals surface area contributed by atoms with Crippen molar-refractivity contribution < 1.29 is 19.8 Å². The van der Waals surface area contributed by atoms with Gasteiger partial charge in [0.05, 0.1) is 6.10 Å². The minimum Gasteiger partial charge on any atom is -0.479 e. The maximum absolute atomic E-state index is 12.2. The fourth-order valence-corrected chi connectivity index (χ4v) is 2.74. The first-order valence-corrected chi connectivity index (χ1v) is 7.25. The van der Waals surface area contributed by atoms with Crippen molar-refractivity contribution in [1.29, 1.82) is 0 Å². The van der Waals surface area contributed by atoms with Crippen LogP contribution in [-0.4, -0.2) is 28.2 Å². The molecule has 0 radical (unpaired) electrons. The Morgan fingerprint density at radius 3 is 2.48 bits per heavy atom. The summed E-state index contributed by atoms with van der Waals surface area (Å²) in [6, 6.07) is 6.11. The second-order valence-electron chi connectivity index (χ2n) is 5.70. The van der Waals surface area contributed by atoms with Gasteiger partial charge in [0.2, 0.25) is 5.91 Å². The molecule has 0 aliphatic heterocycles. The lowest BCUT2D eigenvalue weighted by molar-refractivity contribution is -0.143. The van der Waals surface area contributed by atoms with E-state index in [0.29, 0.717) is 31.2 Å². The van der Waals surface area contributed by atoms with Crippen LogP contribution in [0.4, 0.5) is 0 Å². The number of carbonyl (C=O) groups is 2. The standard InChI is InChI=1S/C16H21NO4/c1-10-3-2-4-12(9-10)14(16(20)21)17-15(19)11-5-7-13(18)8-6-11/h2-4,9,11,13-14,18H,5-8H2,1H3,(H,17,19)(H,20,21)/t11?,13?,14-/m0/s1. The molecule has 21 heavy (non-hydrogen) atoms. The van der Waals surface area contributed by atoms with Gasteiger partial charge in [-0.2, -0.15) is 0 Å². The second kappa shape index (κ2) is 6.72. The van der Waals surface area contributed by atoms with E-state index in [2.05, 4.69) is 5.32 Å². The number of carboxylic acids is 1. The molecule has 0 spiro atoms. The zero-order valence-corrected chi connectivity index (χ0v) is 12.1. The molecule has 1 aromatic carbocycles. The van der Waals surface area contributed by atoms with Gasteiger partial charge in [0.25, 0.3) is 0 Å². The lowest BCUT2D eigenvalue weighted by Gasteiger charge is -2.26. The van der Waals surface area contributed by atoms with Gasteiger partial charge in [-0.3, -0.25) is 4.79 Å². The Morgan fingerprint density at radius 1 is 1.24 bits per heavy atom. The minimum atomic E-state index is -1.07. The topological polar surface area (TPSA) is 86.6 Å². The molecule has 5 nitrogen and oxygen atoms in total. The average Bonchev–Trinajstić information content (AvgIpc) is 2.45. The molecule has 2 rings (SSSR count). The van der Waals surface area contributed by atoms with Gasteiger partial charge in [-0.15, -0.1) is 0 Å². The molecular formula is C16H21NO4. The summed E-state index contributed by atoms with van der Waals surface area (Å²) in [4.78, 5) is 23.6. The monoisotopic (exact) mass is 291 g/mol. The average molecular weight is 291 g/mol. The summed E-state index contributed by atoms with van der Waals surface area (Å²) < 4.78 is 0. The highest BCUT2D eigenvalue weighted by atomic mass is 16.4. The Bertz CT molecular complexity index is 521. The summed E-state index contributed by atoms with van der Waals surface area (Å²) >= 11 is 0. The zero-order valence-electron chi connectivity index (χ0n) is 12.1. The quantitative estimate of drug-likeness (QED) is 0.789. The predicted molar refractivity (Wildman–Crippen MR) is 77.7 cm³/mol. The van der Waals surface area contributed by atoms with Crippen LogP contribution >= 0.6 is 0 Å². The number of aliphatic carboxylic acids is 1. The van der Waals surface area contributed by atoms with Crippen LogP contribution in [-0.2, 0) is 9.59 Å². The van der Waals surface area contributed by atoms with E-state index in [4.69, 9.17) is 0 Å². The van der Waals surface area contributed by atoms with Crippen LogP contribution in [0.25, 0.3) is 0 Å². The molecule has 0 aromatic heterocycles. The number of aliphatic hydroxyl groups is 1. The Balaban J connectivity index is 2.06. The number of benzene rings is 1. The largest absolute Gasteiger partial charge is 0.479 e. The van der Waals surface area contributed by atoms with Crippen LogP contribution in [0, 0.1) is 12.8 Å². The van der Waals surface area contributed by atoms with Gasteiger partial charge < -0.3 is 15.5 Å². The van der Waals surface area contributed by atoms with Crippen molar-refractivity contribution in [1.82, 2.24) is 5.32 Å². The van der Waals surface area contributed by atoms with Crippen molar-refractivity contribution in [2.24, 2.45) is 5.92 Å². The van der Waals surface area contributed by atoms with E-state index >= 15 is 0 Å². The summed E-state index contributed by atoms with van der Waals surface area (Å²) in [5.74, 6) is -1.51. The molecule has 0 unspecified atom stereocenters. The molecule has 1 aliphatic carbocycles. The molecule has 1 aromatic rings. The minimum absolute atomic E-state index is 0.208. The van der Waals surface area contributed by atoms with Gasteiger partial charge in [0.1, 0.15) is 0 Å². The van der Waals surface area contributed by atoms with Crippen LogP contribution in [0.5, 0.6) is 0 Å². The molecule has 1 fully saturated rings. The fraction of sp³-hybridized carbons (Fsp3) is 0.500. The van der Waals surface area contributed by atoms with Crippen LogP contribution in [0.1, 0.15) is 42.9 Å². The van der Waals surface area contributed by atoms with Gasteiger partial charge in [-0.25, -0.2) is 4.79 Å². The number of rotatable bonds is 4. The third-order valence-electron chi connectivity index (χ3n) is 3.98. The molecule has 5 heteroatoms. The number of nitrogens with one attached hydrogen (secondary N) is 1. The third kappa shape index (κ3) is 4.04. The Labute approximate surface area is 124 Å². The molecule has 1 aliphatic rings. The maximum atomic E-state index is 12.2. The lowest BCUT2D eigenvalue weighted by atomic mass is 9.86. The van der Waals surface area contributed by atoms with Gasteiger partial charge in [0, 0.05) is 5.92 Å². The highest BCUT2D eigenvalue weighted by Gasteiger charge is 2.29. The first-order chi connectivity index (χ1) is 9.97.